The fourth-order valence-electron chi connectivity index (χ4n) is 3.19. The molecule has 3 rings (SSSR count). The molecule has 0 bridgehead atoms. The summed E-state index contributed by atoms with van der Waals surface area (Å²) in [6, 6.07) is 6.75. The first-order valence-electron chi connectivity index (χ1n) is 7.26. The standard InChI is InChI=1S/C16H22N2O/c1-11-5-3-6-14(12(11)2)15-7-4-8-18(15)16(19)13-9-17-10-13/h3,5-6,13,15,17H,4,7-10H2,1-2H3. The highest BCUT2D eigenvalue weighted by atomic mass is 16.2. The Bertz CT molecular complexity index is 494. The Morgan fingerprint density at radius 3 is 2.79 bits per heavy atom. The Balaban J connectivity index is 1.86. The van der Waals surface area contributed by atoms with E-state index in [1.165, 1.54) is 16.7 Å². The number of carbonyl (C=O) groups excluding carboxylic acids is 1. The van der Waals surface area contributed by atoms with Crippen molar-refractivity contribution in [3.63, 3.8) is 0 Å². The highest BCUT2D eigenvalue weighted by Crippen LogP contribution is 2.35. The van der Waals surface area contributed by atoms with Gasteiger partial charge in [0.25, 0.3) is 0 Å². The summed E-state index contributed by atoms with van der Waals surface area (Å²) in [5, 5.41) is 3.19. The third-order valence-electron chi connectivity index (χ3n) is 4.67. The van der Waals surface area contributed by atoms with Crippen molar-refractivity contribution in [2.75, 3.05) is 19.6 Å². The number of hydrogen-bond donors (Lipinski definition) is 1. The first-order chi connectivity index (χ1) is 9.18. The molecule has 19 heavy (non-hydrogen) atoms. The van der Waals surface area contributed by atoms with Crippen LogP contribution in [0.25, 0.3) is 0 Å². The van der Waals surface area contributed by atoms with Crippen molar-refractivity contribution < 1.29 is 4.79 Å². The Kier molecular flexibility index (Phi) is 3.31. The lowest BCUT2D eigenvalue weighted by Gasteiger charge is -2.34. The van der Waals surface area contributed by atoms with Crippen LogP contribution in [0.2, 0.25) is 0 Å². The van der Waals surface area contributed by atoms with Crippen LogP contribution in [-0.2, 0) is 4.79 Å². The SMILES string of the molecule is Cc1cccc(C2CCCN2C(=O)C2CNC2)c1C. The zero-order chi connectivity index (χ0) is 13.4. The monoisotopic (exact) mass is 258 g/mol. The maximum absolute atomic E-state index is 12.5. The molecule has 1 atom stereocenters. The smallest absolute Gasteiger partial charge is 0.228 e. The maximum atomic E-state index is 12.5. The van der Waals surface area contributed by atoms with Gasteiger partial charge in [-0.1, -0.05) is 18.2 Å². The normalized spacial score (nSPS) is 23.5. The Morgan fingerprint density at radius 2 is 2.11 bits per heavy atom. The van der Waals surface area contributed by atoms with Gasteiger partial charge in [0.05, 0.1) is 12.0 Å². The molecular weight excluding hydrogens is 236 g/mol. The molecule has 0 aromatic heterocycles. The summed E-state index contributed by atoms with van der Waals surface area (Å²) >= 11 is 0. The van der Waals surface area contributed by atoms with Gasteiger partial charge in [0, 0.05) is 19.6 Å². The first-order valence-corrected chi connectivity index (χ1v) is 7.26. The molecular formula is C16H22N2O. The topological polar surface area (TPSA) is 32.3 Å². The average molecular weight is 258 g/mol. The van der Waals surface area contributed by atoms with Crippen molar-refractivity contribution in [2.24, 2.45) is 5.92 Å². The minimum absolute atomic E-state index is 0.214. The van der Waals surface area contributed by atoms with Gasteiger partial charge in [-0.2, -0.15) is 0 Å². The highest BCUT2D eigenvalue weighted by Gasteiger charge is 2.36. The van der Waals surface area contributed by atoms with E-state index < -0.39 is 0 Å². The van der Waals surface area contributed by atoms with E-state index in [0.29, 0.717) is 11.9 Å². The maximum Gasteiger partial charge on any atom is 0.228 e. The van der Waals surface area contributed by atoms with Crippen LogP contribution in [0, 0.1) is 19.8 Å². The van der Waals surface area contributed by atoms with Crippen molar-refractivity contribution in [2.45, 2.75) is 32.7 Å². The zero-order valence-corrected chi connectivity index (χ0v) is 11.8. The molecule has 0 radical (unpaired) electrons. The number of amides is 1. The molecule has 1 amide bonds. The molecule has 2 saturated heterocycles. The second-order valence-corrected chi connectivity index (χ2v) is 5.83. The predicted molar refractivity (Wildman–Crippen MR) is 76.0 cm³/mol. The van der Waals surface area contributed by atoms with Crippen LogP contribution in [0.5, 0.6) is 0 Å². The third kappa shape index (κ3) is 2.16. The zero-order valence-electron chi connectivity index (χ0n) is 11.8. The largest absolute Gasteiger partial charge is 0.335 e. The molecule has 3 nitrogen and oxygen atoms in total. The number of nitrogens with zero attached hydrogens (tertiary/aromatic N) is 1. The summed E-state index contributed by atoms with van der Waals surface area (Å²) in [6.07, 6.45) is 2.24. The van der Waals surface area contributed by atoms with E-state index in [1.807, 2.05) is 0 Å². The Hall–Kier alpha value is -1.35. The fourth-order valence-corrected chi connectivity index (χ4v) is 3.19. The number of benzene rings is 1. The number of rotatable bonds is 2. The predicted octanol–water partition coefficient (Wildman–Crippen LogP) is 2.19. The Labute approximate surface area is 115 Å². The van der Waals surface area contributed by atoms with Crippen LogP contribution in [0.15, 0.2) is 18.2 Å². The van der Waals surface area contributed by atoms with Gasteiger partial charge in [-0.15, -0.1) is 0 Å². The van der Waals surface area contributed by atoms with Crippen molar-refractivity contribution in [1.82, 2.24) is 10.2 Å². The van der Waals surface area contributed by atoms with Crippen LogP contribution in [0.1, 0.15) is 35.6 Å². The van der Waals surface area contributed by atoms with Crippen LogP contribution in [-0.4, -0.2) is 30.4 Å². The van der Waals surface area contributed by atoms with Crippen molar-refractivity contribution in [3.05, 3.63) is 34.9 Å². The molecule has 1 aromatic rings. The minimum atomic E-state index is 0.214. The molecule has 3 heteroatoms. The van der Waals surface area contributed by atoms with Gasteiger partial charge < -0.3 is 10.2 Å². The van der Waals surface area contributed by atoms with Gasteiger partial charge >= 0.3 is 0 Å². The van der Waals surface area contributed by atoms with Crippen LogP contribution >= 0.6 is 0 Å². The van der Waals surface area contributed by atoms with E-state index >= 15 is 0 Å². The van der Waals surface area contributed by atoms with Crippen molar-refractivity contribution in [1.29, 1.82) is 0 Å². The summed E-state index contributed by atoms with van der Waals surface area (Å²) in [6.45, 7) is 6.96. The third-order valence-corrected chi connectivity index (χ3v) is 4.67. The second kappa shape index (κ2) is 4.97. The molecule has 2 aliphatic heterocycles. The van der Waals surface area contributed by atoms with E-state index in [0.717, 1.165) is 32.5 Å². The van der Waals surface area contributed by atoms with Gasteiger partial charge in [0.2, 0.25) is 5.91 Å². The van der Waals surface area contributed by atoms with Gasteiger partial charge in [-0.05, 0) is 43.4 Å². The van der Waals surface area contributed by atoms with Gasteiger partial charge in [0.15, 0.2) is 0 Å². The van der Waals surface area contributed by atoms with E-state index in [9.17, 15) is 4.79 Å². The van der Waals surface area contributed by atoms with Crippen LogP contribution in [0.3, 0.4) is 0 Å². The second-order valence-electron chi connectivity index (χ2n) is 5.83. The van der Waals surface area contributed by atoms with E-state index in [-0.39, 0.29) is 5.92 Å². The lowest BCUT2D eigenvalue weighted by Crippen LogP contribution is -2.51. The summed E-state index contributed by atoms with van der Waals surface area (Å²) in [4.78, 5) is 14.6. The molecule has 2 fully saturated rings. The molecule has 1 aromatic carbocycles. The quantitative estimate of drug-likeness (QED) is 0.882. The number of carbonyl (C=O) groups is 1. The average Bonchev–Trinajstić information content (AvgIpc) is 2.79. The van der Waals surface area contributed by atoms with E-state index in [4.69, 9.17) is 0 Å². The van der Waals surface area contributed by atoms with E-state index in [1.54, 1.807) is 0 Å². The number of hydrogen-bond acceptors (Lipinski definition) is 2. The lowest BCUT2D eigenvalue weighted by molar-refractivity contribution is -0.138. The van der Waals surface area contributed by atoms with Gasteiger partial charge in [0.1, 0.15) is 0 Å². The molecule has 1 N–H and O–H groups in total. The van der Waals surface area contributed by atoms with E-state index in [2.05, 4.69) is 42.3 Å². The molecule has 102 valence electrons. The number of likely N-dealkylation sites (tertiary alicyclic amines) is 1. The fraction of sp³-hybridized carbons (Fsp3) is 0.562. The van der Waals surface area contributed by atoms with Crippen molar-refractivity contribution >= 4 is 5.91 Å². The van der Waals surface area contributed by atoms with Gasteiger partial charge in [-0.3, -0.25) is 4.79 Å². The molecule has 2 heterocycles. The van der Waals surface area contributed by atoms with Crippen LogP contribution < -0.4 is 5.32 Å². The molecule has 0 aliphatic carbocycles. The minimum Gasteiger partial charge on any atom is -0.335 e. The van der Waals surface area contributed by atoms with Gasteiger partial charge in [-0.25, -0.2) is 0 Å². The lowest BCUT2D eigenvalue weighted by atomic mass is 9.94. The number of aryl methyl sites for hydroxylation is 1. The first kappa shape index (κ1) is 12.7. The summed E-state index contributed by atoms with van der Waals surface area (Å²) < 4.78 is 0. The Morgan fingerprint density at radius 1 is 1.32 bits per heavy atom. The molecule has 1 unspecified atom stereocenters. The highest BCUT2D eigenvalue weighted by molar-refractivity contribution is 5.81. The summed E-state index contributed by atoms with van der Waals surface area (Å²) in [5.74, 6) is 0.563. The van der Waals surface area contributed by atoms with Crippen LogP contribution in [0.4, 0.5) is 0 Å². The van der Waals surface area contributed by atoms with Crippen molar-refractivity contribution in [3.8, 4) is 0 Å². The summed E-state index contributed by atoms with van der Waals surface area (Å²) in [5.41, 5.74) is 4.01. The molecule has 0 saturated carbocycles. The molecule has 2 aliphatic rings. The molecule has 0 spiro atoms. The number of nitrogens with one attached hydrogen (secondary N) is 1. The summed E-state index contributed by atoms with van der Waals surface area (Å²) in [7, 11) is 0.